The van der Waals surface area contributed by atoms with Gasteiger partial charge in [0.15, 0.2) is 0 Å². The maximum atomic E-state index is 14.5. The third kappa shape index (κ3) is 3.82. The van der Waals surface area contributed by atoms with Crippen molar-refractivity contribution in [2.24, 2.45) is 7.05 Å². The van der Waals surface area contributed by atoms with Crippen molar-refractivity contribution < 1.29 is 9.18 Å². The van der Waals surface area contributed by atoms with Gasteiger partial charge in [-0.05, 0) is 63.3 Å². The molecule has 0 bridgehead atoms. The largest absolute Gasteiger partial charge is 0.347 e. The number of fused-ring (bicyclic) bond motifs is 1. The quantitative estimate of drug-likeness (QED) is 0.508. The molecule has 3 heterocycles. The van der Waals surface area contributed by atoms with Crippen LogP contribution in [0.5, 0.6) is 0 Å². The monoisotopic (exact) mass is 457 g/mol. The zero-order valence-electron chi connectivity index (χ0n) is 19.2. The number of carbonyl (C=O) groups is 1. The highest BCUT2D eigenvalue weighted by Crippen LogP contribution is 2.29. The normalized spacial score (nSPS) is 16.1. The fourth-order valence-corrected chi connectivity index (χ4v) is 4.55. The average Bonchev–Trinajstić information content (AvgIpc) is 3.48. The molecular formula is C25H24FN7O. The van der Waals surface area contributed by atoms with Crippen molar-refractivity contribution in [3.05, 3.63) is 65.4 Å². The number of rotatable bonds is 4. The number of likely N-dealkylation sites (N-methyl/N-ethyl adjacent to an activating group) is 1. The SMILES string of the molecule is Cc1c(C(=O)N[C@H]2CCN(C)C2)nc(-c2ccc(C#N)c(F)c2)n1-c1ccc2nn(C)cc2c1. The summed E-state index contributed by atoms with van der Waals surface area (Å²) >= 11 is 0. The van der Waals surface area contributed by atoms with Crippen molar-refractivity contribution in [3.63, 3.8) is 0 Å². The minimum absolute atomic E-state index is 0.0429. The molecule has 34 heavy (non-hydrogen) atoms. The molecule has 0 saturated carbocycles. The Labute approximate surface area is 196 Å². The molecule has 0 aliphatic carbocycles. The number of benzene rings is 2. The van der Waals surface area contributed by atoms with Gasteiger partial charge in [0.2, 0.25) is 0 Å². The van der Waals surface area contributed by atoms with Gasteiger partial charge in [-0.2, -0.15) is 10.4 Å². The van der Waals surface area contributed by atoms with Crippen LogP contribution in [-0.2, 0) is 7.05 Å². The number of aromatic nitrogens is 4. The predicted molar refractivity (Wildman–Crippen MR) is 126 cm³/mol. The number of hydrogen-bond donors (Lipinski definition) is 1. The molecule has 172 valence electrons. The number of carbonyl (C=O) groups excluding carboxylic acids is 1. The van der Waals surface area contributed by atoms with E-state index in [1.54, 1.807) is 10.7 Å². The van der Waals surface area contributed by atoms with Gasteiger partial charge in [0.1, 0.15) is 23.4 Å². The second-order valence-electron chi connectivity index (χ2n) is 8.78. The average molecular weight is 458 g/mol. The molecule has 1 fully saturated rings. The summed E-state index contributed by atoms with van der Waals surface area (Å²) in [5, 5.41) is 17.6. The smallest absolute Gasteiger partial charge is 0.272 e. The molecule has 1 saturated heterocycles. The maximum Gasteiger partial charge on any atom is 0.272 e. The van der Waals surface area contributed by atoms with Crippen LogP contribution in [0.25, 0.3) is 28.0 Å². The van der Waals surface area contributed by atoms with Gasteiger partial charge in [0.05, 0.1) is 16.8 Å². The second kappa shape index (κ2) is 8.39. The summed E-state index contributed by atoms with van der Waals surface area (Å²) in [5.74, 6) is -0.456. The number of likely N-dealkylation sites (tertiary alicyclic amines) is 1. The van der Waals surface area contributed by atoms with E-state index >= 15 is 0 Å². The molecule has 2 aromatic heterocycles. The summed E-state index contributed by atoms with van der Waals surface area (Å²) < 4.78 is 18.1. The fourth-order valence-electron chi connectivity index (χ4n) is 4.55. The lowest BCUT2D eigenvalue weighted by Gasteiger charge is -2.13. The zero-order valence-corrected chi connectivity index (χ0v) is 19.2. The van der Waals surface area contributed by atoms with Gasteiger partial charge in [-0.3, -0.25) is 14.0 Å². The first kappa shape index (κ1) is 21.8. The molecule has 1 N–H and O–H groups in total. The Kier molecular flexibility index (Phi) is 5.38. The predicted octanol–water partition coefficient (Wildman–Crippen LogP) is 3.18. The first-order chi connectivity index (χ1) is 16.3. The topological polar surface area (TPSA) is 91.8 Å². The third-order valence-electron chi connectivity index (χ3n) is 6.26. The number of nitrogens with one attached hydrogen (secondary N) is 1. The number of nitrogens with zero attached hydrogens (tertiary/aromatic N) is 6. The van der Waals surface area contributed by atoms with Gasteiger partial charge >= 0.3 is 0 Å². The Hall–Kier alpha value is -4.03. The Balaban J connectivity index is 1.63. The van der Waals surface area contributed by atoms with E-state index in [0.717, 1.165) is 36.1 Å². The van der Waals surface area contributed by atoms with Gasteiger partial charge in [-0.15, -0.1) is 0 Å². The highest BCUT2D eigenvalue weighted by Gasteiger charge is 2.26. The van der Waals surface area contributed by atoms with E-state index in [4.69, 9.17) is 5.26 Å². The summed E-state index contributed by atoms with van der Waals surface area (Å²) in [6.07, 6.45) is 2.80. The first-order valence-corrected chi connectivity index (χ1v) is 11.1. The molecule has 0 unspecified atom stereocenters. The van der Waals surface area contributed by atoms with Gasteiger partial charge < -0.3 is 10.2 Å². The lowest BCUT2D eigenvalue weighted by Crippen LogP contribution is -2.37. The van der Waals surface area contributed by atoms with Crippen molar-refractivity contribution in [1.29, 1.82) is 5.26 Å². The number of imidazole rings is 1. The van der Waals surface area contributed by atoms with Gasteiger partial charge in [0.25, 0.3) is 5.91 Å². The van der Waals surface area contributed by atoms with Crippen LogP contribution in [0.4, 0.5) is 4.39 Å². The number of hydrogen-bond acceptors (Lipinski definition) is 5. The van der Waals surface area contributed by atoms with Crippen LogP contribution in [0.3, 0.4) is 0 Å². The number of aryl methyl sites for hydroxylation is 1. The molecular weight excluding hydrogens is 433 g/mol. The van der Waals surface area contributed by atoms with E-state index < -0.39 is 5.82 Å². The molecule has 9 heteroatoms. The first-order valence-electron chi connectivity index (χ1n) is 11.1. The minimum atomic E-state index is -0.630. The standard InChI is InChI=1S/C25H24FN7O/c1-15-23(25(34)28-19-8-9-31(2)14-19)29-24(16-4-5-17(12-27)21(26)11-16)33(15)20-6-7-22-18(10-20)13-32(3)30-22/h4-7,10-11,13,19H,8-9,14H2,1-3H3,(H,28,34)/t19-/m0/s1. The highest BCUT2D eigenvalue weighted by molar-refractivity contribution is 5.95. The van der Waals surface area contributed by atoms with E-state index in [9.17, 15) is 9.18 Å². The molecule has 1 amide bonds. The van der Waals surface area contributed by atoms with Crippen LogP contribution in [0.2, 0.25) is 0 Å². The fraction of sp³-hybridized carbons (Fsp3) is 0.280. The Morgan fingerprint density at radius 1 is 1.24 bits per heavy atom. The molecule has 0 radical (unpaired) electrons. The molecule has 4 aromatic rings. The summed E-state index contributed by atoms with van der Waals surface area (Å²) in [6, 6.07) is 12.0. The lowest BCUT2D eigenvalue weighted by atomic mass is 10.1. The number of nitriles is 1. The van der Waals surface area contributed by atoms with Crippen LogP contribution < -0.4 is 5.32 Å². The third-order valence-corrected chi connectivity index (χ3v) is 6.26. The van der Waals surface area contributed by atoms with Gasteiger partial charge in [-0.1, -0.05) is 0 Å². The summed E-state index contributed by atoms with van der Waals surface area (Å²) in [4.78, 5) is 20.0. The zero-order chi connectivity index (χ0) is 24.0. The maximum absolute atomic E-state index is 14.5. The van der Waals surface area contributed by atoms with E-state index in [1.807, 2.05) is 56.1 Å². The van der Waals surface area contributed by atoms with Crippen molar-refractivity contribution in [1.82, 2.24) is 29.5 Å². The van der Waals surface area contributed by atoms with Gasteiger partial charge in [-0.25, -0.2) is 9.37 Å². The lowest BCUT2D eigenvalue weighted by molar-refractivity contribution is 0.0933. The molecule has 5 rings (SSSR count). The molecule has 1 aliphatic rings. The van der Waals surface area contributed by atoms with Crippen molar-refractivity contribution in [2.75, 3.05) is 20.1 Å². The molecule has 2 aromatic carbocycles. The van der Waals surface area contributed by atoms with Crippen molar-refractivity contribution in [3.8, 4) is 23.1 Å². The summed E-state index contributed by atoms with van der Waals surface area (Å²) in [6.45, 7) is 3.55. The van der Waals surface area contributed by atoms with Crippen LogP contribution in [0.15, 0.2) is 42.6 Å². The molecule has 0 spiro atoms. The second-order valence-corrected chi connectivity index (χ2v) is 8.78. The molecule has 1 atom stereocenters. The summed E-state index contributed by atoms with van der Waals surface area (Å²) in [5.41, 5.74) is 3.00. The minimum Gasteiger partial charge on any atom is -0.347 e. The van der Waals surface area contributed by atoms with Crippen LogP contribution >= 0.6 is 0 Å². The van der Waals surface area contributed by atoms with E-state index in [2.05, 4.69) is 20.3 Å². The van der Waals surface area contributed by atoms with Crippen LogP contribution in [-0.4, -0.2) is 56.3 Å². The molecule has 1 aliphatic heterocycles. The van der Waals surface area contributed by atoms with Crippen LogP contribution in [0.1, 0.15) is 28.2 Å². The summed E-state index contributed by atoms with van der Waals surface area (Å²) in [7, 11) is 3.88. The van der Waals surface area contributed by atoms with E-state index in [1.165, 1.54) is 12.1 Å². The Morgan fingerprint density at radius 3 is 2.76 bits per heavy atom. The van der Waals surface area contributed by atoms with Crippen molar-refractivity contribution >= 4 is 16.8 Å². The van der Waals surface area contributed by atoms with Crippen molar-refractivity contribution in [2.45, 2.75) is 19.4 Å². The number of halogens is 1. The number of amides is 1. The van der Waals surface area contributed by atoms with Crippen LogP contribution in [0, 0.1) is 24.1 Å². The van der Waals surface area contributed by atoms with Gasteiger partial charge in [0, 0.05) is 42.5 Å². The molecule has 8 nitrogen and oxygen atoms in total. The van der Waals surface area contributed by atoms with E-state index in [0.29, 0.717) is 22.8 Å². The van der Waals surface area contributed by atoms with E-state index in [-0.39, 0.29) is 17.5 Å². The Morgan fingerprint density at radius 2 is 2.06 bits per heavy atom. The highest BCUT2D eigenvalue weighted by atomic mass is 19.1. The Bertz CT molecular complexity index is 1460.